The van der Waals surface area contributed by atoms with Crippen LogP contribution in [-0.2, 0) is 14.3 Å². The van der Waals surface area contributed by atoms with Crippen molar-refractivity contribution in [3.05, 3.63) is 58.8 Å². The Bertz CT molecular complexity index is 1030. The third kappa shape index (κ3) is 2.79. The molecule has 4 atom stereocenters. The first-order valence-electron chi connectivity index (χ1n) is 9.91. The van der Waals surface area contributed by atoms with Gasteiger partial charge in [0.1, 0.15) is 17.7 Å². The first-order valence-corrected chi connectivity index (χ1v) is 9.91. The van der Waals surface area contributed by atoms with E-state index in [4.69, 9.17) is 9.26 Å². The highest BCUT2D eigenvalue weighted by atomic mass is 19.1. The van der Waals surface area contributed by atoms with Crippen molar-refractivity contribution in [1.29, 1.82) is 0 Å². The summed E-state index contributed by atoms with van der Waals surface area (Å²) in [5.74, 6) is 0.286. The zero-order chi connectivity index (χ0) is 20.3. The smallest absolute Gasteiger partial charge is 0.295 e. The Balaban J connectivity index is 1.64. The maximum absolute atomic E-state index is 13.5. The number of benzene rings is 1. The SMILES string of the molecule is Cc1cc(N2C(=O)C3=C(C(=O)C4CC(C)CCC4O3)C2c2ccc(F)cc2)no1. The van der Waals surface area contributed by atoms with Crippen LogP contribution in [-0.4, -0.2) is 23.0 Å². The predicted molar refractivity (Wildman–Crippen MR) is 101 cm³/mol. The van der Waals surface area contributed by atoms with Crippen molar-refractivity contribution in [2.75, 3.05) is 4.90 Å². The predicted octanol–water partition coefficient (Wildman–Crippen LogP) is 3.87. The maximum Gasteiger partial charge on any atom is 0.295 e. The van der Waals surface area contributed by atoms with Gasteiger partial charge in [-0.3, -0.25) is 14.5 Å². The van der Waals surface area contributed by atoms with Gasteiger partial charge in [0.2, 0.25) is 0 Å². The number of carbonyl (C=O) groups excluding carboxylic acids is 2. The fourth-order valence-electron chi connectivity index (χ4n) is 4.74. The van der Waals surface area contributed by atoms with Gasteiger partial charge in [0.15, 0.2) is 17.4 Å². The van der Waals surface area contributed by atoms with Crippen molar-refractivity contribution in [1.82, 2.24) is 5.16 Å². The standard InChI is InChI=1S/C22H21FN2O4/c1-11-3-8-16-15(9-11)20(26)18-19(13-4-6-14(23)7-5-13)25(22(27)21(18)28-16)17-10-12(2)29-24-17/h4-7,10-11,15-16,19H,3,8-9H2,1-2H3. The molecule has 1 fully saturated rings. The van der Waals surface area contributed by atoms with E-state index in [0.29, 0.717) is 28.6 Å². The minimum atomic E-state index is -0.715. The van der Waals surface area contributed by atoms with E-state index >= 15 is 0 Å². The quantitative estimate of drug-likeness (QED) is 0.771. The molecule has 1 aromatic heterocycles. The number of halogens is 1. The number of carbonyl (C=O) groups is 2. The Kier molecular flexibility index (Phi) is 4.08. The second-order valence-corrected chi connectivity index (χ2v) is 8.21. The van der Waals surface area contributed by atoms with E-state index in [2.05, 4.69) is 12.1 Å². The van der Waals surface area contributed by atoms with Crippen molar-refractivity contribution in [2.24, 2.45) is 11.8 Å². The minimum Gasteiger partial charge on any atom is -0.483 e. The van der Waals surface area contributed by atoms with Crippen molar-refractivity contribution >= 4 is 17.5 Å². The Labute approximate surface area is 167 Å². The molecule has 4 unspecified atom stereocenters. The molecule has 0 N–H and O–H groups in total. The Hall–Kier alpha value is -2.96. The molecule has 150 valence electrons. The van der Waals surface area contributed by atoms with Gasteiger partial charge < -0.3 is 9.26 Å². The summed E-state index contributed by atoms with van der Waals surface area (Å²) >= 11 is 0. The number of fused-ring (bicyclic) bond motifs is 1. The number of ether oxygens (including phenoxy) is 1. The average molecular weight is 396 g/mol. The van der Waals surface area contributed by atoms with Crippen LogP contribution in [0.5, 0.6) is 0 Å². The van der Waals surface area contributed by atoms with Crippen LogP contribution in [0.4, 0.5) is 10.2 Å². The van der Waals surface area contributed by atoms with E-state index in [9.17, 15) is 14.0 Å². The van der Waals surface area contributed by atoms with Crippen LogP contribution < -0.4 is 4.90 Å². The summed E-state index contributed by atoms with van der Waals surface area (Å²) in [6, 6.07) is 6.76. The molecule has 6 nitrogen and oxygen atoms in total. The van der Waals surface area contributed by atoms with E-state index in [1.807, 2.05) is 0 Å². The monoisotopic (exact) mass is 396 g/mol. The number of hydrogen-bond acceptors (Lipinski definition) is 5. The van der Waals surface area contributed by atoms with E-state index in [-0.39, 0.29) is 29.4 Å². The van der Waals surface area contributed by atoms with Gasteiger partial charge in [-0.25, -0.2) is 4.39 Å². The second-order valence-electron chi connectivity index (χ2n) is 8.21. The van der Waals surface area contributed by atoms with Crippen LogP contribution in [0, 0.1) is 24.6 Å². The van der Waals surface area contributed by atoms with Gasteiger partial charge >= 0.3 is 0 Å². The van der Waals surface area contributed by atoms with Crippen molar-refractivity contribution < 1.29 is 23.2 Å². The van der Waals surface area contributed by atoms with Gasteiger partial charge in [-0.2, -0.15) is 0 Å². The molecular weight excluding hydrogens is 375 g/mol. The summed E-state index contributed by atoms with van der Waals surface area (Å²) in [5.41, 5.74) is 0.974. The molecule has 2 aliphatic heterocycles. The summed E-state index contributed by atoms with van der Waals surface area (Å²) < 4.78 is 24.8. The molecule has 0 bridgehead atoms. The lowest BCUT2D eigenvalue weighted by Gasteiger charge is -2.37. The molecular formula is C22H21FN2O4. The van der Waals surface area contributed by atoms with Crippen molar-refractivity contribution in [3.8, 4) is 0 Å². The third-order valence-corrected chi connectivity index (χ3v) is 6.16. The van der Waals surface area contributed by atoms with E-state index in [1.54, 1.807) is 25.1 Å². The molecule has 7 heteroatoms. The van der Waals surface area contributed by atoms with Crippen LogP contribution in [0.1, 0.15) is 43.6 Å². The van der Waals surface area contributed by atoms with Gasteiger partial charge in [0.05, 0.1) is 17.5 Å². The summed E-state index contributed by atoms with van der Waals surface area (Å²) in [6.45, 7) is 3.87. The highest BCUT2D eigenvalue weighted by Crippen LogP contribution is 2.48. The van der Waals surface area contributed by atoms with Crippen molar-refractivity contribution in [2.45, 2.75) is 45.3 Å². The Morgan fingerprint density at radius 1 is 1.17 bits per heavy atom. The van der Waals surface area contributed by atoms with E-state index in [0.717, 1.165) is 19.3 Å². The van der Waals surface area contributed by atoms with Gasteiger partial charge in [-0.15, -0.1) is 0 Å². The largest absolute Gasteiger partial charge is 0.483 e. The third-order valence-electron chi connectivity index (χ3n) is 6.16. The van der Waals surface area contributed by atoms with Crippen LogP contribution >= 0.6 is 0 Å². The number of aromatic nitrogens is 1. The number of anilines is 1. The number of nitrogens with zero attached hydrogens (tertiary/aromatic N) is 2. The normalized spacial score (nSPS) is 29.0. The van der Waals surface area contributed by atoms with Gasteiger partial charge in [0.25, 0.3) is 5.91 Å². The van der Waals surface area contributed by atoms with Crippen LogP contribution in [0.3, 0.4) is 0 Å². The fourth-order valence-corrected chi connectivity index (χ4v) is 4.74. The molecule has 3 heterocycles. The molecule has 5 rings (SSSR count). The average Bonchev–Trinajstić information content (AvgIpc) is 3.25. The number of hydrogen-bond donors (Lipinski definition) is 0. The first kappa shape index (κ1) is 18.1. The number of ketones is 1. The van der Waals surface area contributed by atoms with Crippen LogP contribution in [0.25, 0.3) is 0 Å². The molecule has 0 radical (unpaired) electrons. The van der Waals surface area contributed by atoms with Gasteiger partial charge in [-0.05, 0) is 49.8 Å². The zero-order valence-corrected chi connectivity index (χ0v) is 16.2. The first-order chi connectivity index (χ1) is 13.9. The van der Waals surface area contributed by atoms with Crippen molar-refractivity contribution in [3.63, 3.8) is 0 Å². The fraction of sp³-hybridized carbons (Fsp3) is 0.409. The molecule has 1 saturated carbocycles. The molecule has 1 aliphatic carbocycles. The number of Topliss-reactive ketones (excluding diaryl/α,β-unsaturated/α-hetero) is 1. The lowest BCUT2D eigenvalue weighted by atomic mass is 9.74. The minimum absolute atomic E-state index is 0.0480. The lowest BCUT2D eigenvalue weighted by Crippen LogP contribution is -2.41. The Morgan fingerprint density at radius 3 is 2.62 bits per heavy atom. The lowest BCUT2D eigenvalue weighted by molar-refractivity contribution is -0.132. The highest BCUT2D eigenvalue weighted by molar-refractivity contribution is 6.17. The summed E-state index contributed by atoms with van der Waals surface area (Å²) in [5, 5.41) is 3.99. The maximum atomic E-state index is 13.5. The summed E-state index contributed by atoms with van der Waals surface area (Å²) in [6.07, 6.45) is 2.20. The molecule has 3 aliphatic rings. The highest BCUT2D eigenvalue weighted by Gasteiger charge is 2.53. The summed E-state index contributed by atoms with van der Waals surface area (Å²) in [4.78, 5) is 28.3. The molecule has 29 heavy (non-hydrogen) atoms. The molecule has 0 saturated heterocycles. The number of amides is 1. The number of rotatable bonds is 2. The van der Waals surface area contributed by atoms with E-state index in [1.165, 1.54) is 17.0 Å². The second kappa shape index (κ2) is 6.54. The number of aryl methyl sites for hydroxylation is 1. The van der Waals surface area contributed by atoms with Gasteiger partial charge in [0, 0.05) is 6.07 Å². The van der Waals surface area contributed by atoms with Gasteiger partial charge in [-0.1, -0.05) is 24.2 Å². The molecule has 2 aromatic rings. The summed E-state index contributed by atoms with van der Waals surface area (Å²) in [7, 11) is 0. The van der Waals surface area contributed by atoms with Crippen LogP contribution in [0.15, 0.2) is 46.2 Å². The Morgan fingerprint density at radius 2 is 1.93 bits per heavy atom. The topological polar surface area (TPSA) is 72.6 Å². The molecule has 1 aromatic carbocycles. The van der Waals surface area contributed by atoms with E-state index < -0.39 is 11.9 Å². The molecule has 1 amide bonds. The molecule has 0 spiro atoms. The zero-order valence-electron chi connectivity index (χ0n) is 16.2. The van der Waals surface area contributed by atoms with Crippen LogP contribution in [0.2, 0.25) is 0 Å².